The van der Waals surface area contributed by atoms with Gasteiger partial charge in [0, 0.05) is 16.3 Å². The molecule has 25 heavy (non-hydrogen) atoms. The van der Waals surface area contributed by atoms with Crippen molar-refractivity contribution in [2.75, 3.05) is 5.32 Å². The molecule has 5 nitrogen and oxygen atoms in total. The van der Waals surface area contributed by atoms with Gasteiger partial charge in [-0.15, -0.1) is 0 Å². The molecule has 0 saturated carbocycles. The van der Waals surface area contributed by atoms with Crippen molar-refractivity contribution in [3.63, 3.8) is 0 Å². The monoisotopic (exact) mass is 373 g/mol. The number of aromatic amines is 1. The van der Waals surface area contributed by atoms with Gasteiger partial charge in [-0.05, 0) is 44.2 Å². The van der Waals surface area contributed by atoms with Gasteiger partial charge in [0.1, 0.15) is 0 Å². The summed E-state index contributed by atoms with van der Waals surface area (Å²) in [4.78, 5) is 31.4. The second kappa shape index (κ2) is 7.29. The number of halogens is 1. The van der Waals surface area contributed by atoms with Crippen molar-refractivity contribution >= 4 is 51.8 Å². The lowest BCUT2D eigenvalue weighted by atomic mass is 10.1. The fraction of sp³-hybridized carbons (Fsp3) is 0.167. The largest absolute Gasteiger partial charge is 0.333 e. The summed E-state index contributed by atoms with van der Waals surface area (Å²) < 4.78 is 0. The fourth-order valence-electron chi connectivity index (χ4n) is 2.30. The molecule has 0 aliphatic carbocycles. The molecule has 0 spiro atoms. The van der Waals surface area contributed by atoms with E-state index in [-0.39, 0.29) is 16.9 Å². The van der Waals surface area contributed by atoms with E-state index in [9.17, 15) is 9.59 Å². The number of H-pyrrole nitrogens is 1. The molecule has 7 heteroatoms. The fourth-order valence-corrected chi connectivity index (χ4v) is 3.29. The van der Waals surface area contributed by atoms with Gasteiger partial charge in [-0.25, -0.2) is 4.98 Å². The minimum absolute atomic E-state index is 0.0422. The summed E-state index contributed by atoms with van der Waals surface area (Å²) in [5, 5.41) is 3.74. The lowest BCUT2D eigenvalue weighted by molar-refractivity contribution is -0.115. The standard InChI is InChI=1S/C18H16ClN3O2S/c1-10(23)12-4-3-5-14(8-12)20-17(24)11(2)25-18-21-15-7-6-13(19)9-16(15)22-18/h3-9,11H,1-2H3,(H,20,24)(H,21,22). The van der Waals surface area contributed by atoms with Gasteiger partial charge >= 0.3 is 0 Å². The van der Waals surface area contributed by atoms with Crippen molar-refractivity contribution in [3.8, 4) is 0 Å². The first kappa shape index (κ1) is 17.5. The Bertz CT molecular complexity index is 954. The number of nitrogens with one attached hydrogen (secondary N) is 2. The number of ketones is 1. The van der Waals surface area contributed by atoms with Crippen LogP contribution in [0.15, 0.2) is 47.6 Å². The summed E-state index contributed by atoms with van der Waals surface area (Å²) in [7, 11) is 0. The molecule has 1 amide bonds. The quantitative estimate of drug-likeness (QED) is 0.508. The molecule has 1 unspecified atom stereocenters. The highest BCUT2D eigenvalue weighted by Crippen LogP contribution is 2.26. The van der Waals surface area contributed by atoms with Crippen molar-refractivity contribution in [1.29, 1.82) is 0 Å². The number of anilines is 1. The number of fused-ring (bicyclic) bond motifs is 1. The maximum atomic E-state index is 12.4. The zero-order valence-corrected chi connectivity index (χ0v) is 15.2. The van der Waals surface area contributed by atoms with E-state index in [0.717, 1.165) is 11.0 Å². The van der Waals surface area contributed by atoms with Gasteiger partial charge in [0.2, 0.25) is 5.91 Å². The third-order valence-corrected chi connectivity index (χ3v) is 4.84. The molecule has 0 aliphatic heterocycles. The Morgan fingerprint density at radius 2 is 2.04 bits per heavy atom. The van der Waals surface area contributed by atoms with E-state index in [1.54, 1.807) is 43.3 Å². The van der Waals surface area contributed by atoms with Crippen LogP contribution in [0.2, 0.25) is 5.02 Å². The number of hydrogen-bond acceptors (Lipinski definition) is 4. The SMILES string of the molecule is CC(=O)c1cccc(NC(=O)C(C)Sc2nc3ccc(Cl)cc3[nH]2)c1. The van der Waals surface area contributed by atoms with Crippen molar-refractivity contribution in [1.82, 2.24) is 9.97 Å². The van der Waals surface area contributed by atoms with Crippen molar-refractivity contribution in [3.05, 3.63) is 53.1 Å². The number of aromatic nitrogens is 2. The highest BCUT2D eigenvalue weighted by atomic mass is 35.5. The van der Waals surface area contributed by atoms with Gasteiger partial charge in [0.25, 0.3) is 0 Å². The number of nitrogens with zero attached hydrogens (tertiary/aromatic N) is 1. The molecule has 2 N–H and O–H groups in total. The lowest BCUT2D eigenvalue weighted by Crippen LogP contribution is -2.22. The Labute approximate surface area is 154 Å². The van der Waals surface area contributed by atoms with Crippen LogP contribution in [0.25, 0.3) is 11.0 Å². The molecule has 128 valence electrons. The Morgan fingerprint density at radius 3 is 2.80 bits per heavy atom. The maximum Gasteiger partial charge on any atom is 0.237 e. The van der Waals surface area contributed by atoms with E-state index in [1.807, 2.05) is 6.07 Å². The number of benzene rings is 2. The molecule has 3 aromatic rings. The molecule has 0 radical (unpaired) electrons. The molecule has 2 aromatic carbocycles. The van der Waals surface area contributed by atoms with Crippen LogP contribution in [-0.2, 0) is 4.79 Å². The number of imidazole rings is 1. The summed E-state index contributed by atoms with van der Waals surface area (Å²) in [6.07, 6.45) is 0. The van der Waals surface area contributed by atoms with Crippen LogP contribution in [0.4, 0.5) is 5.69 Å². The predicted molar refractivity (Wildman–Crippen MR) is 101 cm³/mol. The van der Waals surface area contributed by atoms with Gasteiger partial charge in [-0.1, -0.05) is 35.5 Å². The molecule has 1 aromatic heterocycles. The number of carbonyl (C=O) groups excluding carboxylic acids is 2. The number of thioether (sulfide) groups is 1. The third kappa shape index (κ3) is 4.21. The Balaban J connectivity index is 1.69. The molecule has 1 atom stereocenters. The van der Waals surface area contributed by atoms with E-state index < -0.39 is 0 Å². The van der Waals surface area contributed by atoms with E-state index in [2.05, 4.69) is 15.3 Å². The number of carbonyl (C=O) groups is 2. The number of Topliss-reactive ketones (excluding diaryl/α,β-unsaturated/α-hetero) is 1. The van der Waals surface area contributed by atoms with Crippen molar-refractivity contribution < 1.29 is 9.59 Å². The van der Waals surface area contributed by atoms with E-state index >= 15 is 0 Å². The highest BCUT2D eigenvalue weighted by molar-refractivity contribution is 8.00. The van der Waals surface area contributed by atoms with Gasteiger partial charge in [-0.2, -0.15) is 0 Å². The zero-order valence-electron chi connectivity index (χ0n) is 13.7. The highest BCUT2D eigenvalue weighted by Gasteiger charge is 2.17. The molecule has 1 heterocycles. The third-order valence-electron chi connectivity index (χ3n) is 3.62. The molecule has 0 bridgehead atoms. The van der Waals surface area contributed by atoms with Crippen LogP contribution in [-0.4, -0.2) is 26.9 Å². The molecular weight excluding hydrogens is 358 g/mol. The molecule has 0 saturated heterocycles. The topological polar surface area (TPSA) is 74.8 Å². The van der Waals surface area contributed by atoms with Crippen LogP contribution in [0.5, 0.6) is 0 Å². The molecule has 0 aliphatic rings. The smallest absolute Gasteiger partial charge is 0.237 e. The number of rotatable bonds is 5. The Hall–Kier alpha value is -2.31. The lowest BCUT2D eigenvalue weighted by Gasteiger charge is -2.11. The number of amides is 1. The summed E-state index contributed by atoms with van der Waals surface area (Å²) in [5.41, 5.74) is 2.79. The van der Waals surface area contributed by atoms with Gasteiger partial charge in [0.15, 0.2) is 10.9 Å². The Morgan fingerprint density at radius 1 is 1.24 bits per heavy atom. The van der Waals surface area contributed by atoms with Gasteiger partial charge in [0.05, 0.1) is 16.3 Å². The molecule has 3 rings (SSSR count). The molecular formula is C18H16ClN3O2S. The van der Waals surface area contributed by atoms with Gasteiger partial charge in [-0.3, -0.25) is 9.59 Å². The average Bonchev–Trinajstić information content (AvgIpc) is 2.96. The van der Waals surface area contributed by atoms with Crippen LogP contribution < -0.4 is 5.32 Å². The molecule has 0 fully saturated rings. The van der Waals surface area contributed by atoms with Crippen LogP contribution in [0.1, 0.15) is 24.2 Å². The zero-order chi connectivity index (χ0) is 18.0. The Kier molecular flexibility index (Phi) is 5.11. The summed E-state index contributed by atoms with van der Waals surface area (Å²) in [5.74, 6) is -0.205. The van der Waals surface area contributed by atoms with Crippen LogP contribution in [0.3, 0.4) is 0 Å². The minimum atomic E-state index is -0.364. The first-order valence-electron chi connectivity index (χ1n) is 7.66. The normalized spacial score (nSPS) is 12.1. The van der Waals surface area contributed by atoms with Crippen molar-refractivity contribution in [2.24, 2.45) is 0 Å². The average molecular weight is 374 g/mol. The minimum Gasteiger partial charge on any atom is -0.333 e. The maximum absolute atomic E-state index is 12.4. The summed E-state index contributed by atoms with van der Waals surface area (Å²) >= 11 is 7.29. The number of hydrogen-bond donors (Lipinski definition) is 2. The summed E-state index contributed by atoms with van der Waals surface area (Å²) in [6.45, 7) is 3.29. The van der Waals surface area contributed by atoms with Crippen LogP contribution in [0, 0.1) is 0 Å². The van der Waals surface area contributed by atoms with E-state index in [4.69, 9.17) is 11.6 Å². The second-order valence-electron chi connectivity index (χ2n) is 5.59. The van der Waals surface area contributed by atoms with Gasteiger partial charge < -0.3 is 10.3 Å². The van der Waals surface area contributed by atoms with E-state index in [0.29, 0.717) is 21.4 Å². The van der Waals surface area contributed by atoms with Crippen LogP contribution >= 0.6 is 23.4 Å². The van der Waals surface area contributed by atoms with E-state index in [1.165, 1.54) is 18.7 Å². The first-order valence-corrected chi connectivity index (χ1v) is 8.92. The summed E-state index contributed by atoms with van der Waals surface area (Å²) in [6, 6.07) is 12.3. The predicted octanol–water partition coefficient (Wildman–Crippen LogP) is 4.54. The first-order chi connectivity index (χ1) is 11.9. The van der Waals surface area contributed by atoms with Crippen molar-refractivity contribution in [2.45, 2.75) is 24.3 Å². The second-order valence-corrected chi connectivity index (χ2v) is 7.36.